The van der Waals surface area contributed by atoms with Crippen molar-refractivity contribution in [1.82, 2.24) is 15.2 Å². The molecule has 0 unspecified atom stereocenters. The maximum absolute atomic E-state index is 11.7. The van der Waals surface area contributed by atoms with Crippen molar-refractivity contribution in [3.63, 3.8) is 0 Å². The van der Waals surface area contributed by atoms with Crippen molar-refractivity contribution >= 4 is 11.8 Å². The molecule has 2 N–H and O–H groups in total. The van der Waals surface area contributed by atoms with Crippen LogP contribution < -0.4 is 10.6 Å². The molecule has 1 saturated heterocycles. The van der Waals surface area contributed by atoms with E-state index in [1.165, 1.54) is 19.3 Å². The minimum absolute atomic E-state index is 0.185. The highest BCUT2D eigenvalue weighted by atomic mass is 16.2. The average molecular weight is 262 g/mol. The Kier molecular flexibility index (Phi) is 5.15. The molecule has 0 aromatic carbocycles. The Bertz CT molecular complexity index is 416. The third kappa shape index (κ3) is 4.87. The lowest BCUT2D eigenvalue weighted by Crippen LogP contribution is -2.39. The van der Waals surface area contributed by atoms with E-state index < -0.39 is 0 Å². The van der Waals surface area contributed by atoms with Crippen LogP contribution in [0.5, 0.6) is 0 Å². The van der Waals surface area contributed by atoms with E-state index in [0.29, 0.717) is 12.4 Å². The molecule has 0 atom stereocenters. The second-order valence-corrected chi connectivity index (χ2v) is 4.95. The fourth-order valence-corrected chi connectivity index (χ4v) is 2.28. The van der Waals surface area contributed by atoms with Gasteiger partial charge in [0.2, 0.25) is 0 Å². The second kappa shape index (κ2) is 7.09. The smallest absolute Gasteiger partial charge is 0.320 e. The molecule has 5 heteroatoms. The molecule has 2 rings (SSSR count). The van der Waals surface area contributed by atoms with E-state index >= 15 is 0 Å². The van der Waals surface area contributed by atoms with Gasteiger partial charge in [0.1, 0.15) is 5.82 Å². The van der Waals surface area contributed by atoms with Crippen LogP contribution in [0.15, 0.2) is 18.2 Å². The summed E-state index contributed by atoms with van der Waals surface area (Å²) in [5, 5.41) is 5.61. The number of anilines is 1. The van der Waals surface area contributed by atoms with Gasteiger partial charge in [0, 0.05) is 18.8 Å². The Morgan fingerprint density at radius 2 is 2.11 bits per heavy atom. The Balaban J connectivity index is 1.67. The molecule has 0 radical (unpaired) electrons. The fraction of sp³-hybridized carbons (Fsp3) is 0.571. The van der Waals surface area contributed by atoms with Gasteiger partial charge in [-0.2, -0.15) is 0 Å². The van der Waals surface area contributed by atoms with Crippen molar-refractivity contribution in [2.75, 3.05) is 31.5 Å². The zero-order valence-corrected chi connectivity index (χ0v) is 11.5. The number of carbonyl (C=O) groups is 1. The van der Waals surface area contributed by atoms with Crippen LogP contribution in [0.3, 0.4) is 0 Å². The molecule has 5 nitrogen and oxygen atoms in total. The molecule has 104 valence electrons. The molecule has 19 heavy (non-hydrogen) atoms. The van der Waals surface area contributed by atoms with E-state index in [9.17, 15) is 4.79 Å². The molecule has 1 aromatic heterocycles. The van der Waals surface area contributed by atoms with Crippen molar-refractivity contribution in [3.05, 3.63) is 23.9 Å². The number of likely N-dealkylation sites (tertiary alicyclic amines) is 1. The van der Waals surface area contributed by atoms with Gasteiger partial charge in [-0.1, -0.05) is 12.5 Å². The van der Waals surface area contributed by atoms with Crippen molar-refractivity contribution < 1.29 is 4.79 Å². The second-order valence-electron chi connectivity index (χ2n) is 4.95. The van der Waals surface area contributed by atoms with Crippen molar-refractivity contribution in [1.29, 1.82) is 0 Å². The number of rotatable bonds is 4. The van der Waals surface area contributed by atoms with Crippen LogP contribution in [0.25, 0.3) is 0 Å². The Morgan fingerprint density at radius 3 is 2.84 bits per heavy atom. The summed E-state index contributed by atoms with van der Waals surface area (Å²) in [5.41, 5.74) is 0.895. The van der Waals surface area contributed by atoms with Gasteiger partial charge in [-0.25, -0.2) is 9.78 Å². The van der Waals surface area contributed by atoms with Gasteiger partial charge in [0.15, 0.2) is 0 Å². The van der Waals surface area contributed by atoms with Crippen LogP contribution in [0.1, 0.15) is 25.0 Å². The molecular weight excluding hydrogens is 240 g/mol. The van der Waals surface area contributed by atoms with E-state index in [2.05, 4.69) is 20.5 Å². The highest BCUT2D eigenvalue weighted by Crippen LogP contribution is 2.07. The molecular formula is C14H22N4O. The largest absolute Gasteiger partial charge is 0.337 e. The zero-order valence-electron chi connectivity index (χ0n) is 11.5. The van der Waals surface area contributed by atoms with Gasteiger partial charge in [-0.05, 0) is 45.0 Å². The molecule has 0 bridgehead atoms. The molecule has 0 saturated carbocycles. The number of nitrogens with zero attached hydrogens (tertiary/aromatic N) is 2. The number of aromatic nitrogens is 1. The summed E-state index contributed by atoms with van der Waals surface area (Å²) in [6, 6.07) is 5.39. The molecule has 1 aromatic rings. The van der Waals surface area contributed by atoms with Crippen LogP contribution >= 0.6 is 0 Å². The fourth-order valence-electron chi connectivity index (χ4n) is 2.28. The summed E-state index contributed by atoms with van der Waals surface area (Å²) in [6.07, 6.45) is 3.89. The Morgan fingerprint density at radius 1 is 1.32 bits per heavy atom. The van der Waals surface area contributed by atoms with E-state index in [0.717, 1.165) is 25.3 Å². The van der Waals surface area contributed by atoms with E-state index in [-0.39, 0.29) is 6.03 Å². The number of carbonyl (C=O) groups excluding carboxylic acids is 1. The SMILES string of the molecule is Cc1cccc(NC(=O)NCCN2CCCCC2)n1. The maximum atomic E-state index is 11.7. The number of piperidine rings is 1. The summed E-state index contributed by atoms with van der Waals surface area (Å²) >= 11 is 0. The number of amides is 2. The quantitative estimate of drug-likeness (QED) is 0.872. The van der Waals surface area contributed by atoms with Crippen LogP contribution in [-0.2, 0) is 0 Å². The number of hydrogen-bond donors (Lipinski definition) is 2. The minimum Gasteiger partial charge on any atom is -0.337 e. The van der Waals surface area contributed by atoms with E-state index in [4.69, 9.17) is 0 Å². The van der Waals surface area contributed by atoms with Crippen LogP contribution in [0.4, 0.5) is 10.6 Å². The zero-order chi connectivity index (χ0) is 13.5. The number of urea groups is 1. The van der Waals surface area contributed by atoms with E-state index in [1.54, 1.807) is 6.07 Å². The Hall–Kier alpha value is -1.62. The summed E-state index contributed by atoms with van der Waals surface area (Å²) in [5.74, 6) is 0.593. The lowest BCUT2D eigenvalue weighted by molar-refractivity contribution is 0.224. The third-order valence-corrected chi connectivity index (χ3v) is 3.29. The first-order chi connectivity index (χ1) is 9.24. The average Bonchev–Trinajstić information content (AvgIpc) is 2.40. The molecule has 1 aliphatic rings. The van der Waals surface area contributed by atoms with Crippen molar-refractivity contribution in [3.8, 4) is 0 Å². The predicted molar refractivity (Wildman–Crippen MR) is 76.3 cm³/mol. The lowest BCUT2D eigenvalue weighted by atomic mass is 10.1. The van der Waals surface area contributed by atoms with Gasteiger partial charge in [-0.3, -0.25) is 5.32 Å². The molecule has 2 amide bonds. The first-order valence-electron chi connectivity index (χ1n) is 6.95. The van der Waals surface area contributed by atoms with Gasteiger partial charge in [0.05, 0.1) is 0 Å². The topological polar surface area (TPSA) is 57.3 Å². The maximum Gasteiger partial charge on any atom is 0.320 e. The minimum atomic E-state index is -0.185. The number of hydrogen-bond acceptors (Lipinski definition) is 3. The van der Waals surface area contributed by atoms with Gasteiger partial charge >= 0.3 is 6.03 Å². The van der Waals surface area contributed by atoms with Gasteiger partial charge in [-0.15, -0.1) is 0 Å². The third-order valence-electron chi connectivity index (χ3n) is 3.29. The summed E-state index contributed by atoms with van der Waals surface area (Å²) in [7, 11) is 0. The number of nitrogens with one attached hydrogen (secondary N) is 2. The lowest BCUT2D eigenvalue weighted by Gasteiger charge is -2.26. The summed E-state index contributed by atoms with van der Waals surface area (Å²) in [4.78, 5) is 18.3. The standard InChI is InChI=1S/C14H22N4O/c1-12-6-5-7-13(16-12)17-14(19)15-8-11-18-9-3-2-4-10-18/h5-7H,2-4,8-11H2,1H3,(H2,15,16,17,19). The Labute approximate surface area is 114 Å². The highest BCUT2D eigenvalue weighted by molar-refractivity contribution is 5.88. The van der Waals surface area contributed by atoms with Crippen LogP contribution in [0.2, 0.25) is 0 Å². The highest BCUT2D eigenvalue weighted by Gasteiger charge is 2.09. The molecule has 1 fully saturated rings. The predicted octanol–water partition coefficient (Wildman–Crippen LogP) is 2.00. The van der Waals surface area contributed by atoms with Crippen molar-refractivity contribution in [2.45, 2.75) is 26.2 Å². The normalized spacial score (nSPS) is 16.1. The first kappa shape index (κ1) is 13.8. The number of aryl methyl sites for hydroxylation is 1. The monoisotopic (exact) mass is 262 g/mol. The number of pyridine rings is 1. The first-order valence-corrected chi connectivity index (χ1v) is 6.95. The molecule has 1 aliphatic heterocycles. The van der Waals surface area contributed by atoms with Gasteiger partial charge < -0.3 is 10.2 Å². The molecule has 0 spiro atoms. The summed E-state index contributed by atoms with van der Waals surface area (Å²) < 4.78 is 0. The van der Waals surface area contributed by atoms with E-state index in [1.807, 2.05) is 19.1 Å². The van der Waals surface area contributed by atoms with Crippen molar-refractivity contribution in [2.24, 2.45) is 0 Å². The molecule has 2 heterocycles. The van der Waals surface area contributed by atoms with Crippen LogP contribution in [-0.4, -0.2) is 42.1 Å². The van der Waals surface area contributed by atoms with Crippen LogP contribution in [0, 0.1) is 6.92 Å². The summed E-state index contributed by atoms with van der Waals surface area (Å²) in [6.45, 7) is 5.82. The van der Waals surface area contributed by atoms with Gasteiger partial charge in [0.25, 0.3) is 0 Å². The molecule has 0 aliphatic carbocycles.